The van der Waals surface area contributed by atoms with Gasteiger partial charge in [0.15, 0.2) is 0 Å². The van der Waals surface area contributed by atoms with Gasteiger partial charge in [-0.1, -0.05) is 0 Å². The molecule has 0 fully saturated rings. The fraction of sp³-hybridized carbons (Fsp3) is 0.889. The molecule has 0 radical (unpaired) electrons. The first-order valence-electron chi connectivity index (χ1n) is 4.50. The molecular weight excluding hydrogens is 220 g/mol. The van der Waals surface area contributed by atoms with Crippen LogP contribution in [0.4, 0.5) is 0 Å². The van der Waals surface area contributed by atoms with Gasteiger partial charge in [0.2, 0.25) is 5.91 Å². The van der Waals surface area contributed by atoms with Crippen LogP contribution in [0, 0.1) is 0 Å². The van der Waals surface area contributed by atoms with Crippen LogP contribution in [-0.4, -0.2) is 30.0 Å². The van der Waals surface area contributed by atoms with E-state index in [9.17, 15) is 4.79 Å². The molecule has 0 heterocycles. The monoisotopic (exact) mass is 240 g/mol. The second kappa shape index (κ2) is 8.38. The quantitative estimate of drug-likeness (QED) is 0.691. The second-order valence-corrected chi connectivity index (χ2v) is 4.85. The van der Waals surface area contributed by atoms with Crippen molar-refractivity contribution in [1.29, 1.82) is 0 Å². The summed E-state index contributed by atoms with van der Waals surface area (Å²) in [4.78, 5) is 11.2. The van der Waals surface area contributed by atoms with Crippen LogP contribution in [0.3, 0.4) is 0 Å². The largest absolute Gasteiger partial charge is 0.354 e. The van der Waals surface area contributed by atoms with Gasteiger partial charge in [-0.3, -0.25) is 4.79 Å². The first-order chi connectivity index (χ1) is 5.95. The summed E-state index contributed by atoms with van der Waals surface area (Å²) in [6.45, 7) is 4.34. The van der Waals surface area contributed by atoms with Gasteiger partial charge in [0.25, 0.3) is 0 Å². The number of nitrogens with two attached hydrogens (primary N) is 1. The summed E-state index contributed by atoms with van der Waals surface area (Å²) in [5.41, 5.74) is 5.41. The summed E-state index contributed by atoms with van der Waals surface area (Å²) in [7, 11) is 0. The molecule has 0 saturated carbocycles. The predicted octanol–water partition coefficient (Wildman–Crippen LogP) is 1.40. The molecule has 14 heavy (non-hydrogen) atoms. The Labute approximate surface area is 97.0 Å². The Kier molecular flexibility index (Phi) is 9.88. The van der Waals surface area contributed by atoms with E-state index >= 15 is 0 Å². The summed E-state index contributed by atoms with van der Waals surface area (Å²) < 4.78 is 0. The van der Waals surface area contributed by atoms with Gasteiger partial charge in [-0.25, -0.2) is 0 Å². The minimum Gasteiger partial charge on any atom is -0.354 e. The maximum absolute atomic E-state index is 11.2. The van der Waals surface area contributed by atoms with Gasteiger partial charge in [-0.15, -0.1) is 12.4 Å². The fourth-order valence-corrected chi connectivity index (χ4v) is 1.22. The molecule has 5 heteroatoms. The lowest BCUT2D eigenvalue weighted by Gasteiger charge is -2.18. The van der Waals surface area contributed by atoms with Gasteiger partial charge in [0.05, 0.1) is 0 Å². The van der Waals surface area contributed by atoms with Crippen molar-refractivity contribution in [2.24, 2.45) is 5.73 Å². The van der Waals surface area contributed by atoms with Crippen LogP contribution in [0.25, 0.3) is 0 Å². The zero-order chi connectivity index (χ0) is 10.3. The molecular formula is C9H21ClN2OS. The van der Waals surface area contributed by atoms with Crippen LogP contribution in [0.15, 0.2) is 0 Å². The van der Waals surface area contributed by atoms with Crippen molar-refractivity contribution in [3.63, 3.8) is 0 Å². The molecule has 0 aliphatic heterocycles. The molecule has 86 valence electrons. The number of hydrogen-bond acceptors (Lipinski definition) is 3. The van der Waals surface area contributed by atoms with Gasteiger partial charge in [0, 0.05) is 18.5 Å². The second-order valence-electron chi connectivity index (χ2n) is 3.86. The molecule has 0 aromatic heterocycles. The van der Waals surface area contributed by atoms with E-state index in [1.165, 1.54) is 0 Å². The van der Waals surface area contributed by atoms with E-state index in [-0.39, 0.29) is 23.9 Å². The number of rotatable bonds is 6. The normalized spacial score (nSPS) is 10.6. The molecule has 0 aromatic carbocycles. The highest BCUT2D eigenvalue weighted by atomic mass is 35.5. The fourth-order valence-electron chi connectivity index (χ4n) is 0.792. The molecule has 3 N–H and O–H groups in total. The molecule has 0 aliphatic rings. The molecule has 1 amide bonds. The van der Waals surface area contributed by atoms with E-state index < -0.39 is 0 Å². The Morgan fingerprint density at radius 1 is 1.50 bits per heavy atom. The third-order valence-electron chi connectivity index (χ3n) is 1.49. The highest BCUT2D eigenvalue weighted by Gasteiger charge is 2.11. The van der Waals surface area contributed by atoms with Crippen LogP contribution >= 0.6 is 24.2 Å². The van der Waals surface area contributed by atoms with Crippen molar-refractivity contribution in [2.45, 2.75) is 32.2 Å². The summed E-state index contributed by atoms with van der Waals surface area (Å²) in [5, 5.41) is 2.81. The maximum atomic E-state index is 11.2. The zero-order valence-electron chi connectivity index (χ0n) is 9.13. The van der Waals surface area contributed by atoms with E-state index in [1.54, 1.807) is 11.8 Å². The Hall–Kier alpha value is 0.0700. The molecule has 0 saturated heterocycles. The maximum Gasteiger partial charge on any atom is 0.220 e. The average molecular weight is 241 g/mol. The number of hydrogen-bond donors (Lipinski definition) is 2. The molecule has 0 atom stereocenters. The number of thioether (sulfide) groups is 1. The average Bonchev–Trinajstić information content (AvgIpc) is 2.00. The van der Waals surface area contributed by atoms with Crippen molar-refractivity contribution in [3.8, 4) is 0 Å². The summed E-state index contributed by atoms with van der Waals surface area (Å²) in [6.07, 6.45) is 3.59. The van der Waals surface area contributed by atoms with Crippen LogP contribution in [0.2, 0.25) is 0 Å². The number of carbonyl (C=O) groups excluding carboxylic acids is 1. The lowest BCUT2D eigenvalue weighted by molar-refractivity contribution is -0.121. The predicted molar refractivity (Wildman–Crippen MR) is 66.1 cm³/mol. The molecule has 0 aliphatic carbocycles. The van der Waals surface area contributed by atoms with Crippen molar-refractivity contribution in [2.75, 3.05) is 18.6 Å². The summed E-state index contributed by atoms with van der Waals surface area (Å²) in [5.74, 6) is 1.15. The minimum absolute atomic E-state index is 0. The van der Waals surface area contributed by atoms with Crippen LogP contribution in [-0.2, 0) is 4.79 Å². The van der Waals surface area contributed by atoms with E-state index in [2.05, 4.69) is 5.32 Å². The van der Waals surface area contributed by atoms with Gasteiger partial charge >= 0.3 is 0 Å². The molecule has 0 rings (SSSR count). The van der Waals surface area contributed by atoms with Crippen LogP contribution < -0.4 is 11.1 Å². The lowest BCUT2D eigenvalue weighted by Crippen LogP contribution is -2.45. The lowest BCUT2D eigenvalue weighted by atomic mass is 10.1. The van der Waals surface area contributed by atoms with Crippen molar-refractivity contribution >= 4 is 30.1 Å². The summed E-state index contributed by atoms with van der Waals surface area (Å²) >= 11 is 1.76. The number of amides is 1. The van der Waals surface area contributed by atoms with Crippen LogP contribution in [0.5, 0.6) is 0 Å². The molecule has 3 nitrogen and oxygen atoms in total. The van der Waals surface area contributed by atoms with E-state index in [1.807, 2.05) is 20.1 Å². The first kappa shape index (κ1) is 16.5. The first-order valence-corrected chi connectivity index (χ1v) is 5.89. The van der Waals surface area contributed by atoms with Crippen molar-refractivity contribution in [1.82, 2.24) is 5.32 Å². The van der Waals surface area contributed by atoms with E-state index in [0.29, 0.717) is 13.0 Å². The third-order valence-corrected chi connectivity index (χ3v) is 2.19. The number of nitrogens with one attached hydrogen (secondary N) is 1. The highest BCUT2D eigenvalue weighted by molar-refractivity contribution is 7.98. The summed E-state index contributed by atoms with van der Waals surface area (Å²) in [6, 6.07) is 0. The van der Waals surface area contributed by atoms with Gasteiger partial charge in [0.1, 0.15) is 0 Å². The Bertz CT molecular complexity index is 159. The van der Waals surface area contributed by atoms with Crippen molar-refractivity contribution < 1.29 is 4.79 Å². The number of carbonyl (C=O) groups is 1. The smallest absolute Gasteiger partial charge is 0.220 e. The van der Waals surface area contributed by atoms with Crippen molar-refractivity contribution in [3.05, 3.63) is 0 Å². The van der Waals surface area contributed by atoms with E-state index in [4.69, 9.17) is 5.73 Å². The standard InChI is InChI=1S/C9H20N2OS.ClH/c1-9(2,10)7-11-8(12)5-4-6-13-3;/h4-7,10H2,1-3H3,(H,11,12);1H. The number of halogens is 1. The molecule has 0 spiro atoms. The van der Waals surface area contributed by atoms with Gasteiger partial charge in [-0.2, -0.15) is 11.8 Å². The minimum atomic E-state index is -0.310. The van der Waals surface area contributed by atoms with Gasteiger partial charge < -0.3 is 11.1 Å². The molecule has 0 bridgehead atoms. The van der Waals surface area contributed by atoms with Gasteiger partial charge in [-0.05, 0) is 32.3 Å². The topological polar surface area (TPSA) is 55.1 Å². The molecule has 0 aromatic rings. The Morgan fingerprint density at radius 2 is 2.07 bits per heavy atom. The Balaban J connectivity index is 0. The highest BCUT2D eigenvalue weighted by Crippen LogP contribution is 1.99. The zero-order valence-corrected chi connectivity index (χ0v) is 10.8. The Morgan fingerprint density at radius 3 is 2.50 bits per heavy atom. The molecule has 0 unspecified atom stereocenters. The SMILES string of the molecule is CSCCCC(=O)NCC(C)(C)N.Cl. The third kappa shape index (κ3) is 12.1. The van der Waals surface area contributed by atoms with Crippen LogP contribution in [0.1, 0.15) is 26.7 Å². The van der Waals surface area contributed by atoms with E-state index in [0.717, 1.165) is 12.2 Å².